The van der Waals surface area contributed by atoms with Crippen molar-refractivity contribution in [2.45, 2.75) is 146 Å². The number of hydrogen-bond donors (Lipinski definition) is 3. The molecule has 14 nitrogen and oxygen atoms in total. The molecule has 2 saturated carbocycles. The molecule has 3 N–H and O–H groups in total. The Hall–Kier alpha value is -4.40. The lowest BCUT2D eigenvalue weighted by molar-refractivity contribution is -0.143. The van der Waals surface area contributed by atoms with Crippen molar-refractivity contribution in [3.63, 3.8) is 0 Å². The van der Waals surface area contributed by atoms with E-state index >= 15 is 4.79 Å². The summed E-state index contributed by atoms with van der Waals surface area (Å²) < 4.78 is 40.4. The summed E-state index contributed by atoms with van der Waals surface area (Å²) in [4.78, 5) is 64.7. The minimum Gasteiger partial charge on any atom is -0.497 e. The molecule has 7 rings (SSSR count). The average molecular weight is 822 g/mol. The summed E-state index contributed by atoms with van der Waals surface area (Å²) in [6, 6.07) is 3.52. The van der Waals surface area contributed by atoms with Crippen molar-refractivity contribution in [3.05, 3.63) is 41.6 Å². The van der Waals surface area contributed by atoms with E-state index in [1.54, 1.807) is 14.0 Å². The molecule has 1 spiro atoms. The molecular weight excluding hydrogens is 763 g/mol. The van der Waals surface area contributed by atoms with Crippen molar-refractivity contribution >= 4 is 44.7 Å². The highest BCUT2D eigenvalue weighted by Gasteiger charge is 2.64. The highest BCUT2D eigenvalue weighted by molar-refractivity contribution is 7.91. The number of aromatic nitrogens is 1. The van der Waals surface area contributed by atoms with E-state index in [0.29, 0.717) is 50.0 Å². The van der Waals surface area contributed by atoms with Crippen LogP contribution in [0.15, 0.2) is 30.4 Å². The Bertz CT molecular complexity index is 2140. The van der Waals surface area contributed by atoms with Crippen LogP contribution in [0.25, 0.3) is 10.9 Å². The number of carbonyl (C=O) groups is 4. The van der Waals surface area contributed by atoms with Gasteiger partial charge in [0.05, 0.1) is 29.6 Å². The third kappa shape index (κ3) is 7.87. The molecule has 316 valence electrons. The number of carbonyl (C=O) groups excluding carboxylic acids is 3. The first-order valence-electron chi connectivity index (χ1n) is 20.8. The summed E-state index contributed by atoms with van der Waals surface area (Å²) >= 11 is 0. The highest BCUT2D eigenvalue weighted by Crippen LogP contribution is 2.50. The van der Waals surface area contributed by atoms with Crippen molar-refractivity contribution in [1.82, 2.24) is 24.8 Å². The molecule has 3 fully saturated rings. The normalized spacial score (nSPS) is 28.9. The number of hydrogen-bond acceptors (Lipinski definition) is 9. The molecule has 4 amide bonds. The van der Waals surface area contributed by atoms with Crippen LogP contribution in [0.5, 0.6) is 11.5 Å². The number of rotatable bonds is 7. The second-order valence-electron chi connectivity index (χ2n) is 19.0. The maximum atomic E-state index is 15.1. The second-order valence-corrected chi connectivity index (χ2v) is 21.2. The number of ether oxygens (including phenoxy) is 2. The van der Waals surface area contributed by atoms with Crippen LogP contribution < -0.4 is 19.5 Å². The topological polar surface area (TPSA) is 185 Å². The van der Waals surface area contributed by atoms with E-state index in [9.17, 15) is 27.9 Å². The smallest absolute Gasteiger partial charge is 0.407 e. The first-order chi connectivity index (χ1) is 27.2. The summed E-state index contributed by atoms with van der Waals surface area (Å²) in [5.41, 5.74) is -0.528. The number of methoxy groups -OCH3 is 1. The van der Waals surface area contributed by atoms with Gasteiger partial charge in [-0.05, 0) is 87.8 Å². The molecule has 3 aliphatic heterocycles. The van der Waals surface area contributed by atoms with Crippen LogP contribution in [0.1, 0.15) is 123 Å². The minimum absolute atomic E-state index is 0.00574. The van der Waals surface area contributed by atoms with Gasteiger partial charge in [0.25, 0.3) is 5.91 Å². The van der Waals surface area contributed by atoms with Crippen LogP contribution >= 0.6 is 0 Å². The quantitative estimate of drug-likeness (QED) is 0.288. The Morgan fingerprint density at radius 2 is 1.88 bits per heavy atom. The SMILES string of the molecule is COc1ccc2nc(C(C)C)c3c(c2c1)CC[C@]1(C[C@H]2C(=O)N[C@]4(C(=O)NS(=O)(=O)C5(C)CC5)C[C@H]4/C=C\CCCCC[C@H](N(CC(C)(C)C)C(=O)O)C(=O)N2C1)O3. The number of fused-ring (bicyclic) bond motifs is 5. The Balaban J connectivity index is 1.29. The van der Waals surface area contributed by atoms with Gasteiger partial charge in [-0.1, -0.05) is 59.6 Å². The number of pyridine rings is 1. The summed E-state index contributed by atoms with van der Waals surface area (Å²) in [6.07, 6.45) is 7.80. The van der Waals surface area contributed by atoms with Gasteiger partial charge in [0, 0.05) is 29.8 Å². The first-order valence-corrected chi connectivity index (χ1v) is 22.3. The van der Waals surface area contributed by atoms with Gasteiger partial charge in [-0.25, -0.2) is 18.2 Å². The van der Waals surface area contributed by atoms with Crippen molar-refractivity contribution in [1.29, 1.82) is 0 Å². The number of carboxylic acid groups (broad SMARTS) is 1. The summed E-state index contributed by atoms with van der Waals surface area (Å²) in [5.74, 6) is -1.09. The summed E-state index contributed by atoms with van der Waals surface area (Å²) in [7, 11) is -2.40. The van der Waals surface area contributed by atoms with Gasteiger partial charge in [0.15, 0.2) is 0 Å². The van der Waals surface area contributed by atoms with Crippen molar-refractivity contribution in [2.24, 2.45) is 11.3 Å². The summed E-state index contributed by atoms with van der Waals surface area (Å²) in [5, 5.41) is 14.4. The van der Waals surface area contributed by atoms with Gasteiger partial charge >= 0.3 is 6.09 Å². The average Bonchev–Trinajstić information content (AvgIpc) is 4.05. The predicted octanol–water partition coefficient (Wildman–Crippen LogP) is 5.82. The Morgan fingerprint density at radius 3 is 2.53 bits per heavy atom. The molecule has 0 unspecified atom stereocenters. The number of allylic oxidation sites excluding steroid dienone is 1. The summed E-state index contributed by atoms with van der Waals surface area (Å²) in [6.45, 7) is 11.5. The molecule has 4 heterocycles. The molecule has 15 heteroatoms. The number of amides is 4. The van der Waals surface area contributed by atoms with Gasteiger partial charge < -0.3 is 24.8 Å². The zero-order chi connectivity index (χ0) is 42.0. The van der Waals surface area contributed by atoms with Crippen LogP contribution in [-0.4, -0.2) is 100 Å². The third-order valence-corrected chi connectivity index (χ3v) is 15.0. The zero-order valence-corrected chi connectivity index (χ0v) is 35.7. The minimum atomic E-state index is -4.01. The Labute approximate surface area is 341 Å². The third-order valence-electron chi connectivity index (χ3n) is 12.8. The molecule has 2 aliphatic carbocycles. The van der Waals surface area contributed by atoms with Gasteiger partial charge in [-0.2, -0.15) is 0 Å². The molecule has 1 aromatic carbocycles. The van der Waals surface area contributed by atoms with E-state index in [4.69, 9.17) is 14.5 Å². The first kappa shape index (κ1) is 41.7. The van der Waals surface area contributed by atoms with Crippen molar-refractivity contribution in [3.8, 4) is 11.5 Å². The standard InChI is InChI=1S/C43H59N5O9S/c1-26(2)34-35-29(30-21-28(56-7)15-16-31(30)44-34)17-18-42(57-35)23-33-36(49)45-43(38(51)46-58(54,55)41(6)19-20-41)22-27(43)13-11-9-8-10-12-14-32(37(50)47(33)25-42)48(39(52)53)24-40(3,4)5/h11,13,15-16,21,26-27,32-33H,8-10,12,14,17-20,22-25H2,1-7H3,(H,45,49)(H,46,51)(H,52,53)/b13-11-/t27-,32+,33+,42-,43-/m1/s1. The van der Waals surface area contributed by atoms with Gasteiger partial charge in [-0.15, -0.1) is 0 Å². The molecule has 1 saturated heterocycles. The molecule has 0 bridgehead atoms. The fraction of sp³-hybridized carbons (Fsp3) is 0.651. The van der Waals surface area contributed by atoms with E-state index in [-0.39, 0.29) is 38.3 Å². The Kier molecular flexibility index (Phi) is 10.8. The lowest BCUT2D eigenvalue weighted by Gasteiger charge is -2.38. The largest absolute Gasteiger partial charge is 0.497 e. The maximum Gasteiger partial charge on any atom is 0.407 e. The van der Waals surface area contributed by atoms with Crippen LogP contribution in [0.4, 0.5) is 4.79 Å². The fourth-order valence-corrected chi connectivity index (χ4v) is 10.3. The van der Waals surface area contributed by atoms with E-state index < -0.39 is 73.1 Å². The number of sulfonamides is 1. The van der Waals surface area contributed by atoms with Crippen LogP contribution in [0, 0.1) is 11.3 Å². The van der Waals surface area contributed by atoms with Crippen LogP contribution in [0.2, 0.25) is 0 Å². The van der Waals surface area contributed by atoms with Gasteiger partial charge in [0.2, 0.25) is 21.8 Å². The van der Waals surface area contributed by atoms with Crippen LogP contribution in [0.3, 0.4) is 0 Å². The van der Waals surface area contributed by atoms with E-state index in [0.717, 1.165) is 35.0 Å². The van der Waals surface area contributed by atoms with Gasteiger partial charge in [0.1, 0.15) is 34.7 Å². The number of benzene rings is 1. The maximum absolute atomic E-state index is 15.1. The van der Waals surface area contributed by atoms with Crippen molar-refractivity contribution in [2.75, 3.05) is 20.2 Å². The number of nitrogens with one attached hydrogen (secondary N) is 2. The highest BCUT2D eigenvalue weighted by atomic mass is 32.2. The number of nitrogens with zero attached hydrogens (tertiary/aromatic N) is 3. The van der Waals surface area contributed by atoms with E-state index in [1.165, 1.54) is 9.80 Å². The molecule has 1 aromatic heterocycles. The van der Waals surface area contributed by atoms with E-state index in [2.05, 4.69) is 10.0 Å². The lowest BCUT2D eigenvalue weighted by atomic mass is 9.86. The molecule has 2 aromatic rings. The second kappa shape index (κ2) is 15.0. The van der Waals surface area contributed by atoms with Gasteiger partial charge in [-0.3, -0.25) is 24.0 Å². The van der Waals surface area contributed by atoms with Crippen LogP contribution in [-0.2, 0) is 30.8 Å². The Morgan fingerprint density at radius 1 is 1.14 bits per heavy atom. The fourth-order valence-electron chi connectivity index (χ4n) is 9.01. The molecule has 5 atom stereocenters. The molecule has 5 aliphatic rings. The zero-order valence-electron chi connectivity index (χ0n) is 34.9. The molecule has 0 radical (unpaired) electrons. The van der Waals surface area contributed by atoms with Crippen molar-refractivity contribution < 1.29 is 42.2 Å². The lowest BCUT2D eigenvalue weighted by Crippen LogP contribution is -2.59. The molecule has 58 heavy (non-hydrogen) atoms. The molecular formula is C43H59N5O9S. The monoisotopic (exact) mass is 821 g/mol. The van der Waals surface area contributed by atoms with E-state index in [1.807, 2.05) is 65.0 Å². The number of aryl methyl sites for hydroxylation is 1. The predicted molar refractivity (Wildman–Crippen MR) is 218 cm³/mol.